The Morgan fingerprint density at radius 3 is 3.05 bits per heavy atom. The van der Waals surface area contributed by atoms with Crippen LogP contribution in [-0.2, 0) is 13.1 Å². The lowest BCUT2D eigenvalue weighted by Crippen LogP contribution is -2.19. The largest absolute Gasteiger partial charge is 0.494 e. The maximum absolute atomic E-state index is 14.1. The maximum Gasteiger partial charge on any atom is 0.170 e. The average Bonchev–Trinajstić information content (AvgIpc) is 3.19. The van der Waals surface area contributed by atoms with Crippen molar-refractivity contribution in [1.29, 1.82) is 0 Å². The molecule has 0 radical (unpaired) electrons. The number of methoxy groups -OCH3 is 1. The highest BCUT2D eigenvalue weighted by Crippen LogP contribution is 2.22. The van der Waals surface area contributed by atoms with Crippen LogP contribution < -0.4 is 10.1 Å². The molecule has 0 saturated heterocycles. The molecule has 4 nitrogen and oxygen atoms in total. The number of ether oxygens (including phenoxy) is 1. The fourth-order valence-electron chi connectivity index (χ4n) is 2.19. The van der Waals surface area contributed by atoms with E-state index in [1.165, 1.54) is 20.0 Å². The Morgan fingerprint density at radius 2 is 2.30 bits per heavy atom. The van der Waals surface area contributed by atoms with Crippen molar-refractivity contribution in [3.8, 4) is 5.75 Å². The van der Waals surface area contributed by atoms with Crippen LogP contribution in [0.2, 0.25) is 0 Å². The van der Waals surface area contributed by atoms with Crippen LogP contribution in [0.15, 0.2) is 30.6 Å². The first kappa shape index (κ1) is 13.1. The SMILES string of the molecule is COc1cccc(Cn2ccnc2CNC2CC2)c1F. The van der Waals surface area contributed by atoms with Gasteiger partial charge in [-0.05, 0) is 18.9 Å². The van der Waals surface area contributed by atoms with E-state index in [-0.39, 0.29) is 11.6 Å². The summed E-state index contributed by atoms with van der Waals surface area (Å²) in [6.45, 7) is 1.19. The van der Waals surface area contributed by atoms with Crippen molar-refractivity contribution in [3.05, 3.63) is 47.8 Å². The zero-order valence-electron chi connectivity index (χ0n) is 11.5. The number of aromatic nitrogens is 2. The molecule has 5 heteroatoms. The van der Waals surface area contributed by atoms with Crippen LogP contribution in [-0.4, -0.2) is 22.7 Å². The zero-order valence-corrected chi connectivity index (χ0v) is 11.5. The third kappa shape index (κ3) is 2.82. The lowest BCUT2D eigenvalue weighted by atomic mass is 10.2. The van der Waals surface area contributed by atoms with Gasteiger partial charge in [0, 0.05) is 24.0 Å². The molecule has 1 N–H and O–H groups in total. The van der Waals surface area contributed by atoms with Crippen molar-refractivity contribution in [2.75, 3.05) is 7.11 Å². The molecule has 1 aliphatic carbocycles. The molecule has 0 amide bonds. The van der Waals surface area contributed by atoms with Crippen molar-refractivity contribution in [1.82, 2.24) is 14.9 Å². The van der Waals surface area contributed by atoms with Gasteiger partial charge in [0.2, 0.25) is 0 Å². The first-order chi connectivity index (χ1) is 9.78. The Hall–Kier alpha value is -1.88. The normalized spacial score (nSPS) is 14.5. The third-order valence-electron chi connectivity index (χ3n) is 3.53. The number of halogens is 1. The van der Waals surface area contributed by atoms with E-state index in [0.29, 0.717) is 18.2 Å². The van der Waals surface area contributed by atoms with Crippen LogP contribution in [0.5, 0.6) is 5.75 Å². The summed E-state index contributed by atoms with van der Waals surface area (Å²) in [5.41, 5.74) is 0.607. The molecular formula is C15H18FN3O. The molecule has 0 aliphatic heterocycles. The molecule has 20 heavy (non-hydrogen) atoms. The number of rotatable bonds is 6. The summed E-state index contributed by atoms with van der Waals surface area (Å²) in [6.07, 6.45) is 6.11. The fraction of sp³-hybridized carbons (Fsp3) is 0.400. The van der Waals surface area contributed by atoms with Crippen molar-refractivity contribution < 1.29 is 9.13 Å². The summed E-state index contributed by atoms with van der Waals surface area (Å²) in [7, 11) is 1.48. The predicted molar refractivity (Wildman–Crippen MR) is 74.1 cm³/mol. The molecule has 0 unspecified atom stereocenters. The fourth-order valence-corrected chi connectivity index (χ4v) is 2.19. The van der Waals surface area contributed by atoms with Crippen molar-refractivity contribution in [2.24, 2.45) is 0 Å². The molecular weight excluding hydrogens is 257 g/mol. The first-order valence-electron chi connectivity index (χ1n) is 6.82. The second kappa shape index (κ2) is 5.63. The van der Waals surface area contributed by atoms with Gasteiger partial charge >= 0.3 is 0 Å². The number of imidazole rings is 1. The highest BCUT2D eigenvalue weighted by Gasteiger charge is 2.21. The highest BCUT2D eigenvalue weighted by atomic mass is 19.1. The van der Waals surface area contributed by atoms with Crippen LogP contribution in [0, 0.1) is 5.82 Å². The summed E-state index contributed by atoms with van der Waals surface area (Å²) in [5.74, 6) is 0.907. The minimum Gasteiger partial charge on any atom is -0.494 e. The molecule has 1 aliphatic rings. The Balaban J connectivity index is 1.75. The van der Waals surface area contributed by atoms with E-state index in [9.17, 15) is 4.39 Å². The first-order valence-corrected chi connectivity index (χ1v) is 6.82. The molecule has 0 bridgehead atoms. The van der Waals surface area contributed by atoms with Gasteiger partial charge in [0.1, 0.15) is 5.82 Å². The minimum absolute atomic E-state index is 0.278. The lowest BCUT2D eigenvalue weighted by molar-refractivity contribution is 0.383. The summed E-state index contributed by atoms with van der Waals surface area (Å²) < 4.78 is 21.1. The van der Waals surface area contributed by atoms with Crippen LogP contribution >= 0.6 is 0 Å². The molecule has 1 aromatic heterocycles. The average molecular weight is 275 g/mol. The smallest absolute Gasteiger partial charge is 0.170 e. The second-order valence-electron chi connectivity index (χ2n) is 5.06. The van der Waals surface area contributed by atoms with E-state index in [2.05, 4.69) is 10.3 Å². The van der Waals surface area contributed by atoms with Crippen LogP contribution in [0.3, 0.4) is 0 Å². The Labute approximate surface area is 117 Å². The van der Waals surface area contributed by atoms with E-state index in [0.717, 1.165) is 12.4 Å². The summed E-state index contributed by atoms with van der Waals surface area (Å²) in [4.78, 5) is 4.33. The summed E-state index contributed by atoms with van der Waals surface area (Å²) in [5, 5.41) is 3.42. The summed E-state index contributed by atoms with van der Waals surface area (Å²) >= 11 is 0. The number of benzene rings is 1. The van der Waals surface area contributed by atoms with Crippen LogP contribution in [0.4, 0.5) is 4.39 Å². The summed E-state index contributed by atoms with van der Waals surface area (Å²) in [6, 6.07) is 5.84. The van der Waals surface area contributed by atoms with Gasteiger partial charge in [-0.25, -0.2) is 9.37 Å². The van der Waals surface area contributed by atoms with Gasteiger partial charge in [0.25, 0.3) is 0 Å². The Morgan fingerprint density at radius 1 is 1.45 bits per heavy atom. The number of hydrogen-bond donors (Lipinski definition) is 1. The van der Waals surface area contributed by atoms with Gasteiger partial charge in [0.15, 0.2) is 11.6 Å². The van der Waals surface area contributed by atoms with Gasteiger partial charge in [-0.2, -0.15) is 0 Å². The molecule has 1 aromatic carbocycles. The number of hydrogen-bond acceptors (Lipinski definition) is 3. The van der Waals surface area contributed by atoms with E-state index >= 15 is 0 Å². The lowest BCUT2D eigenvalue weighted by Gasteiger charge is -2.11. The topological polar surface area (TPSA) is 39.1 Å². The number of nitrogens with zero attached hydrogens (tertiary/aromatic N) is 2. The minimum atomic E-state index is -0.301. The second-order valence-corrected chi connectivity index (χ2v) is 5.06. The Bertz CT molecular complexity index is 593. The third-order valence-corrected chi connectivity index (χ3v) is 3.53. The molecule has 106 valence electrons. The van der Waals surface area contributed by atoms with E-state index in [1.54, 1.807) is 24.4 Å². The monoisotopic (exact) mass is 275 g/mol. The van der Waals surface area contributed by atoms with Gasteiger partial charge in [-0.15, -0.1) is 0 Å². The van der Waals surface area contributed by atoms with Crippen molar-refractivity contribution >= 4 is 0 Å². The quantitative estimate of drug-likeness (QED) is 0.879. The maximum atomic E-state index is 14.1. The molecule has 0 atom stereocenters. The van der Waals surface area contributed by atoms with Gasteiger partial charge < -0.3 is 14.6 Å². The zero-order chi connectivity index (χ0) is 13.9. The van der Waals surface area contributed by atoms with Crippen LogP contribution in [0.25, 0.3) is 0 Å². The highest BCUT2D eigenvalue weighted by molar-refractivity contribution is 5.31. The van der Waals surface area contributed by atoms with Gasteiger partial charge in [-0.1, -0.05) is 12.1 Å². The molecule has 1 heterocycles. The Kier molecular flexibility index (Phi) is 3.69. The van der Waals surface area contributed by atoms with Gasteiger partial charge in [0.05, 0.1) is 20.2 Å². The van der Waals surface area contributed by atoms with Crippen molar-refractivity contribution in [3.63, 3.8) is 0 Å². The van der Waals surface area contributed by atoms with Crippen LogP contribution in [0.1, 0.15) is 24.2 Å². The predicted octanol–water partition coefficient (Wildman–Crippen LogP) is 2.33. The molecule has 0 spiro atoms. The van der Waals surface area contributed by atoms with E-state index in [1.807, 2.05) is 10.8 Å². The van der Waals surface area contributed by atoms with E-state index in [4.69, 9.17) is 4.74 Å². The molecule has 1 saturated carbocycles. The number of nitrogens with one attached hydrogen (secondary N) is 1. The van der Waals surface area contributed by atoms with Gasteiger partial charge in [-0.3, -0.25) is 0 Å². The molecule has 3 rings (SSSR count). The molecule has 2 aromatic rings. The van der Waals surface area contributed by atoms with Crippen molar-refractivity contribution in [2.45, 2.75) is 32.0 Å². The van der Waals surface area contributed by atoms with E-state index < -0.39 is 0 Å². The molecule has 1 fully saturated rings. The standard InChI is InChI=1S/C15H18FN3O/c1-20-13-4-2-3-11(15(13)16)10-19-8-7-17-14(19)9-18-12-5-6-12/h2-4,7-8,12,18H,5-6,9-10H2,1H3.